The number of carbonyl (C=O) groups excluding carboxylic acids is 1. The largest absolute Gasteiger partial charge is 0.478 e. The van der Waals surface area contributed by atoms with Gasteiger partial charge in [-0.2, -0.15) is 0 Å². The maximum Gasteiger partial charge on any atom is 0.370 e. The second kappa shape index (κ2) is 7.76. The minimum Gasteiger partial charge on any atom is -0.478 e. The molecule has 9 N–H and O–H groups in total. The highest BCUT2D eigenvalue weighted by atomic mass is 16.5. The molecule has 11 heteroatoms. The van der Waals surface area contributed by atoms with Gasteiger partial charge < -0.3 is 41.9 Å². The summed E-state index contributed by atoms with van der Waals surface area (Å²) in [6.45, 7) is 0.391. The highest BCUT2D eigenvalue weighted by molar-refractivity contribution is 5.85. The molecule has 0 spiro atoms. The molecule has 11 nitrogen and oxygen atoms in total. The number of carboxylic acids is 1. The Bertz CT molecular complexity index is 518. The lowest BCUT2D eigenvalue weighted by Crippen LogP contribution is -2.59. The van der Waals surface area contributed by atoms with Gasteiger partial charge in [0.2, 0.25) is 11.7 Å². The van der Waals surface area contributed by atoms with E-state index in [4.69, 9.17) is 26.4 Å². The summed E-state index contributed by atoms with van der Waals surface area (Å²) in [5.41, 5.74) is 10.6. The summed E-state index contributed by atoms with van der Waals surface area (Å²) in [7, 11) is 0. The second-order valence-corrected chi connectivity index (χ2v) is 4.93. The Morgan fingerprint density at radius 3 is 2.48 bits per heavy atom. The number of aliphatic carboxylic acids is 1. The van der Waals surface area contributed by atoms with Gasteiger partial charge in [-0.3, -0.25) is 4.79 Å². The van der Waals surface area contributed by atoms with Gasteiger partial charge in [-0.1, -0.05) is 0 Å². The first kappa shape index (κ1) is 18.7. The van der Waals surface area contributed by atoms with E-state index in [1.54, 1.807) is 0 Å². The van der Waals surface area contributed by atoms with Gasteiger partial charge in [-0.05, 0) is 6.08 Å². The number of amides is 1. The number of hydrogen-bond donors (Lipinski definition) is 7. The molecule has 0 radical (unpaired) electrons. The molecule has 1 aliphatic heterocycles. The summed E-state index contributed by atoms with van der Waals surface area (Å²) in [5, 5.41) is 40.1. The van der Waals surface area contributed by atoms with Crippen LogP contribution in [0.25, 0.3) is 0 Å². The van der Waals surface area contributed by atoms with Crippen molar-refractivity contribution >= 4 is 17.8 Å². The number of aliphatic imine (C=N–C) groups is 1. The molecule has 23 heavy (non-hydrogen) atoms. The van der Waals surface area contributed by atoms with Crippen LogP contribution in [-0.4, -0.2) is 75.3 Å². The van der Waals surface area contributed by atoms with Crippen molar-refractivity contribution in [1.29, 1.82) is 0 Å². The number of nitrogens with two attached hydrogens (primary N) is 2. The molecule has 0 aromatic heterocycles. The van der Waals surface area contributed by atoms with E-state index in [1.165, 1.54) is 6.92 Å². The lowest BCUT2D eigenvalue weighted by Gasteiger charge is -2.38. The van der Waals surface area contributed by atoms with Gasteiger partial charge in [0.25, 0.3) is 0 Å². The van der Waals surface area contributed by atoms with Crippen molar-refractivity contribution in [3.05, 3.63) is 11.8 Å². The molecule has 1 aliphatic rings. The van der Waals surface area contributed by atoms with Gasteiger partial charge in [0, 0.05) is 6.92 Å². The molecule has 0 saturated heterocycles. The number of nitrogens with zero attached hydrogens (tertiary/aromatic N) is 1. The Kier molecular flexibility index (Phi) is 6.30. The Balaban J connectivity index is 3.28. The monoisotopic (exact) mass is 332 g/mol. The highest BCUT2D eigenvalue weighted by Crippen LogP contribution is 2.24. The SMILES string of the molecule is CC(=O)N[C@@H]1[C@@H](N=C(N)N)C=C(C(=O)O)O[C@H]1C(O)C(O)CO. The van der Waals surface area contributed by atoms with E-state index < -0.39 is 54.6 Å². The van der Waals surface area contributed by atoms with E-state index in [2.05, 4.69) is 10.3 Å². The summed E-state index contributed by atoms with van der Waals surface area (Å²) < 4.78 is 5.13. The average molecular weight is 332 g/mol. The molecule has 0 bridgehead atoms. The summed E-state index contributed by atoms with van der Waals surface area (Å²) >= 11 is 0. The molecule has 1 rings (SSSR count). The van der Waals surface area contributed by atoms with E-state index in [0.29, 0.717) is 0 Å². The van der Waals surface area contributed by atoms with E-state index in [-0.39, 0.29) is 5.96 Å². The zero-order chi connectivity index (χ0) is 17.7. The smallest absolute Gasteiger partial charge is 0.370 e. The van der Waals surface area contributed by atoms with Crippen LogP contribution in [0.5, 0.6) is 0 Å². The van der Waals surface area contributed by atoms with Gasteiger partial charge in [0.05, 0.1) is 18.7 Å². The minimum atomic E-state index is -1.70. The van der Waals surface area contributed by atoms with Crippen molar-refractivity contribution in [1.82, 2.24) is 5.32 Å². The first-order valence-electron chi connectivity index (χ1n) is 6.62. The first-order chi connectivity index (χ1) is 10.7. The Labute approximate surface area is 131 Å². The molecule has 5 atom stereocenters. The molecular formula is C12H20N4O7. The van der Waals surface area contributed by atoms with Crippen LogP contribution in [0.1, 0.15) is 6.92 Å². The number of hydrogen-bond acceptors (Lipinski definition) is 7. The molecular weight excluding hydrogens is 312 g/mol. The maximum atomic E-state index is 11.4. The fraction of sp³-hybridized carbons (Fsp3) is 0.583. The molecule has 0 aromatic carbocycles. The Morgan fingerprint density at radius 2 is 2.04 bits per heavy atom. The van der Waals surface area contributed by atoms with Crippen LogP contribution in [0.2, 0.25) is 0 Å². The maximum absolute atomic E-state index is 11.4. The average Bonchev–Trinajstić information content (AvgIpc) is 2.45. The van der Waals surface area contributed by atoms with Crippen LogP contribution in [0.3, 0.4) is 0 Å². The number of aliphatic hydroxyl groups is 3. The highest BCUT2D eigenvalue weighted by Gasteiger charge is 2.43. The second-order valence-electron chi connectivity index (χ2n) is 4.93. The number of aliphatic hydroxyl groups excluding tert-OH is 3. The number of carbonyl (C=O) groups is 2. The van der Waals surface area contributed by atoms with Crippen molar-refractivity contribution in [2.24, 2.45) is 16.5 Å². The van der Waals surface area contributed by atoms with Crippen LogP contribution in [0.4, 0.5) is 0 Å². The standard InChI is InChI=1S/C12H20N4O7/c1-4(18)15-8-5(16-12(13)14)2-7(11(21)22)23-10(8)9(20)6(19)3-17/h2,5-6,8-10,17,19-20H,3H2,1H3,(H,15,18)(H,21,22)(H4,13,14,16)/t5-,6?,8+,9?,10+/m0/s1. The Hall–Kier alpha value is -2.37. The number of guanidine groups is 1. The molecule has 0 aromatic rings. The van der Waals surface area contributed by atoms with Crippen molar-refractivity contribution < 1.29 is 34.8 Å². The third kappa shape index (κ3) is 4.81. The number of nitrogens with one attached hydrogen (secondary N) is 1. The topological polar surface area (TPSA) is 201 Å². The lowest BCUT2D eigenvalue weighted by atomic mass is 9.92. The third-order valence-electron chi connectivity index (χ3n) is 3.10. The van der Waals surface area contributed by atoms with Crippen molar-refractivity contribution in [3.8, 4) is 0 Å². The fourth-order valence-corrected chi connectivity index (χ4v) is 2.14. The number of rotatable bonds is 6. The van der Waals surface area contributed by atoms with Crippen molar-refractivity contribution in [2.75, 3.05) is 6.61 Å². The van der Waals surface area contributed by atoms with E-state index in [0.717, 1.165) is 6.08 Å². The summed E-state index contributed by atoms with van der Waals surface area (Å²) in [4.78, 5) is 26.3. The van der Waals surface area contributed by atoms with Crippen LogP contribution in [0.15, 0.2) is 16.8 Å². The minimum absolute atomic E-state index is 0.371. The van der Waals surface area contributed by atoms with Crippen LogP contribution < -0.4 is 16.8 Å². The van der Waals surface area contributed by atoms with E-state index in [9.17, 15) is 19.8 Å². The molecule has 0 fully saturated rings. The van der Waals surface area contributed by atoms with Crippen LogP contribution in [0, 0.1) is 0 Å². The molecule has 0 saturated carbocycles. The Morgan fingerprint density at radius 1 is 1.43 bits per heavy atom. The predicted molar refractivity (Wildman–Crippen MR) is 76.9 cm³/mol. The molecule has 0 aliphatic carbocycles. The van der Waals surface area contributed by atoms with E-state index >= 15 is 0 Å². The van der Waals surface area contributed by atoms with Gasteiger partial charge in [-0.15, -0.1) is 0 Å². The lowest BCUT2D eigenvalue weighted by molar-refractivity contribution is -0.145. The van der Waals surface area contributed by atoms with Gasteiger partial charge >= 0.3 is 5.97 Å². The van der Waals surface area contributed by atoms with Gasteiger partial charge in [-0.25, -0.2) is 9.79 Å². The van der Waals surface area contributed by atoms with Crippen molar-refractivity contribution in [2.45, 2.75) is 37.3 Å². The third-order valence-corrected chi connectivity index (χ3v) is 3.10. The molecule has 2 unspecified atom stereocenters. The van der Waals surface area contributed by atoms with Gasteiger partial charge in [0.1, 0.15) is 18.3 Å². The van der Waals surface area contributed by atoms with Gasteiger partial charge in [0.15, 0.2) is 5.96 Å². The number of ether oxygens (including phenoxy) is 1. The first-order valence-corrected chi connectivity index (χ1v) is 6.62. The summed E-state index contributed by atoms with van der Waals surface area (Å²) in [6, 6.07) is -2.11. The van der Waals surface area contributed by atoms with Crippen LogP contribution >= 0.6 is 0 Å². The number of carboxylic acid groups (broad SMARTS) is 1. The molecule has 1 amide bonds. The van der Waals surface area contributed by atoms with E-state index in [1.807, 2.05) is 0 Å². The molecule has 130 valence electrons. The van der Waals surface area contributed by atoms with Crippen LogP contribution in [-0.2, 0) is 14.3 Å². The summed E-state index contributed by atoms with van der Waals surface area (Å²) in [5.74, 6) is -2.89. The quantitative estimate of drug-likeness (QED) is 0.188. The zero-order valence-corrected chi connectivity index (χ0v) is 12.3. The summed E-state index contributed by atoms with van der Waals surface area (Å²) in [6.07, 6.45) is -3.65. The fourth-order valence-electron chi connectivity index (χ4n) is 2.14. The normalized spacial score (nSPS) is 26.3. The molecule has 1 heterocycles. The predicted octanol–water partition coefficient (Wildman–Crippen LogP) is -3.79. The van der Waals surface area contributed by atoms with Crippen molar-refractivity contribution in [3.63, 3.8) is 0 Å². The zero-order valence-electron chi connectivity index (χ0n) is 12.3.